The lowest BCUT2D eigenvalue weighted by Crippen LogP contribution is -2.40. The maximum Gasteiger partial charge on any atom is 0.260 e. The fraction of sp³-hybridized carbons (Fsp3) is 0.357. The van der Waals surface area contributed by atoms with E-state index in [-0.39, 0.29) is 19.9 Å². The van der Waals surface area contributed by atoms with Crippen LogP contribution in [-0.2, 0) is 14.3 Å². The van der Waals surface area contributed by atoms with Gasteiger partial charge in [0.15, 0.2) is 0 Å². The number of rotatable bonds is 5. The van der Waals surface area contributed by atoms with Crippen molar-refractivity contribution in [1.82, 2.24) is 5.32 Å². The van der Waals surface area contributed by atoms with Gasteiger partial charge in [0.05, 0.1) is 17.9 Å². The van der Waals surface area contributed by atoms with Gasteiger partial charge in [-0.05, 0) is 55.8 Å². The van der Waals surface area contributed by atoms with Crippen LogP contribution in [0.5, 0.6) is 0 Å². The van der Waals surface area contributed by atoms with E-state index < -0.39 is 48.3 Å². The first-order valence-electron chi connectivity index (χ1n) is 11.9. The predicted octanol–water partition coefficient (Wildman–Crippen LogP) is 2.23. The number of nitrogens with one attached hydrogen (secondary N) is 2. The normalized spacial score (nSPS) is 27.2. The van der Waals surface area contributed by atoms with Crippen LogP contribution in [0.1, 0.15) is 42.8 Å². The summed E-state index contributed by atoms with van der Waals surface area (Å²) in [4.78, 5) is 25.3. The molecule has 38 heavy (non-hydrogen) atoms. The lowest BCUT2D eigenvalue weighted by Gasteiger charge is -2.23. The first kappa shape index (κ1) is 27.5. The summed E-state index contributed by atoms with van der Waals surface area (Å²) < 4.78 is 25.1. The fourth-order valence-electron chi connectivity index (χ4n) is 4.85. The Morgan fingerprint density at radius 1 is 1.11 bits per heavy atom. The minimum absolute atomic E-state index is 0. The number of halogens is 1. The van der Waals surface area contributed by atoms with Crippen LogP contribution in [0.3, 0.4) is 0 Å². The van der Waals surface area contributed by atoms with Crippen LogP contribution in [-0.4, -0.2) is 70.3 Å². The molecule has 1 fully saturated rings. The summed E-state index contributed by atoms with van der Waals surface area (Å²) >= 11 is 0. The minimum atomic E-state index is -1.22. The van der Waals surface area contributed by atoms with Crippen LogP contribution in [0.2, 0.25) is 0 Å². The van der Waals surface area contributed by atoms with E-state index in [2.05, 4.69) is 10.6 Å². The topological polar surface area (TPSA) is 137 Å². The van der Waals surface area contributed by atoms with Gasteiger partial charge in [0.25, 0.3) is 11.8 Å². The Morgan fingerprint density at radius 3 is 2.45 bits per heavy atom. The zero-order valence-electron chi connectivity index (χ0n) is 20.2. The van der Waals surface area contributed by atoms with E-state index in [1.165, 1.54) is 12.1 Å². The molecule has 2 amide bonds. The van der Waals surface area contributed by atoms with Gasteiger partial charge in [-0.1, -0.05) is 19.6 Å². The molecular weight excluding hydrogens is 495 g/mol. The van der Waals surface area contributed by atoms with Gasteiger partial charge in [-0.2, -0.15) is 0 Å². The molecule has 0 aromatic heterocycles. The number of aliphatic hydroxyl groups excluding tert-OH is 3. The van der Waals surface area contributed by atoms with Crippen molar-refractivity contribution in [2.24, 2.45) is 0 Å². The third-order valence-corrected chi connectivity index (χ3v) is 6.82. The quantitative estimate of drug-likeness (QED) is 0.377. The second-order valence-electron chi connectivity index (χ2n) is 9.72. The molecule has 0 saturated carbocycles. The number of benzene rings is 2. The van der Waals surface area contributed by atoms with Gasteiger partial charge < -0.3 is 35.4 Å². The average Bonchev–Trinajstić information content (AvgIpc) is 3.46. The van der Waals surface area contributed by atoms with Crippen molar-refractivity contribution in [2.75, 3.05) is 18.5 Å². The summed E-state index contributed by atoms with van der Waals surface area (Å²) in [6.07, 6.45) is -2.39. The third kappa shape index (κ3) is 4.83. The number of hydrogen-bond acceptors (Lipinski definition) is 7. The molecule has 10 heteroatoms. The number of amides is 2. The highest BCUT2D eigenvalue weighted by Crippen LogP contribution is 2.44. The molecule has 0 aliphatic carbocycles. The summed E-state index contributed by atoms with van der Waals surface area (Å²) in [5.74, 6) is -0.833. The number of hydrogen-bond donors (Lipinski definition) is 5. The minimum Gasteiger partial charge on any atom is -0.482 e. The van der Waals surface area contributed by atoms with Crippen molar-refractivity contribution in [3.63, 3.8) is 0 Å². The summed E-state index contributed by atoms with van der Waals surface area (Å²) in [5.41, 5.74) is 2.49. The molecule has 202 valence electrons. The Balaban J connectivity index is 0.00000336. The molecule has 0 bridgehead atoms. The highest BCUT2D eigenvalue weighted by molar-refractivity contribution is 6.32. The first-order valence-corrected chi connectivity index (χ1v) is 11.9. The Kier molecular flexibility index (Phi) is 7.44. The summed E-state index contributed by atoms with van der Waals surface area (Å²) in [5, 5.41) is 34.4. The molecule has 1 saturated heterocycles. The number of anilines is 1. The van der Waals surface area contributed by atoms with Gasteiger partial charge in [0.2, 0.25) is 0 Å². The molecule has 0 radical (unpaired) electrons. The van der Waals surface area contributed by atoms with E-state index in [4.69, 9.17) is 9.47 Å². The number of aliphatic hydroxyl groups is 3. The van der Waals surface area contributed by atoms with Gasteiger partial charge in [-0.3, -0.25) is 9.59 Å². The van der Waals surface area contributed by atoms with E-state index in [9.17, 15) is 29.3 Å². The van der Waals surface area contributed by atoms with Crippen molar-refractivity contribution < 1.29 is 38.8 Å². The van der Waals surface area contributed by atoms with Gasteiger partial charge in [-0.25, -0.2) is 4.39 Å². The largest absolute Gasteiger partial charge is 0.482 e. The van der Waals surface area contributed by atoms with E-state index >= 15 is 0 Å². The molecule has 3 aliphatic rings. The Labute approximate surface area is 219 Å². The summed E-state index contributed by atoms with van der Waals surface area (Å²) in [6, 6.07) is 10.9. The van der Waals surface area contributed by atoms with Crippen LogP contribution < -0.4 is 10.6 Å². The van der Waals surface area contributed by atoms with Crippen LogP contribution in [0.4, 0.5) is 10.1 Å². The van der Waals surface area contributed by atoms with Gasteiger partial charge in [0.1, 0.15) is 41.6 Å². The number of fused-ring (bicyclic) bond motifs is 1. The Morgan fingerprint density at radius 2 is 1.79 bits per heavy atom. The Hall–Kier alpha value is -3.57. The summed E-state index contributed by atoms with van der Waals surface area (Å²) in [6.45, 7) is 3.26. The standard InChI is InChI=1S/C27H27FN2O7.CH4/c1-27(2)17(10-19(37-27)22-16-8-7-15(28)9-18(16)30-26(22)35)13-3-5-14(6-4-13)25(34)29-11-20-23(32)24(33)21(12-31)36-20;/h3-10,20-21,23-24,31-33H,11-12H2,1-2H3,(H,29,34)(H,30,35);1H4/b22-19+;/t20-,21-,23-,24-;/m1./s1. The van der Waals surface area contributed by atoms with Gasteiger partial charge >= 0.3 is 0 Å². The SMILES string of the molecule is C.CC1(C)O/C(=C2/C(=O)Nc3cc(F)ccc32)C=C1c1ccc(C(=O)NC[C@H]2O[C@H](CO)[C@@H](O)[C@@H]2O)cc1. The summed E-state index contributed by atoms with van der Waals surface area (Å²) in [7, 11) is 0. The number of carbonyl (C=O) groups is 2. The van der Waals surface area contributed by atoms with E-state index in [0.29, 0.717) is 28.1 Å². The highest BCUT2D eigenvalue weighted by Gasteiger charge is 2.42. The first-order chi connectivity index (χ1) is 17.6. The molecule has 5 rings (SSSR count). The van der Waals surface area contributed by atoms with Crippen molar-refractivity contribution in [2.45, 2.75) is 51.3 Å². The molecule has 5 N–H and O–H groups in total. The van der Waals surface area contributed by atoms with E-state index in [1.807, 2.05) is 13.8 Å². The molecule has 4 atom stereocenters. The predicted molar refractivity (Wildman–Crippen MR) is 138 cm³/mol. The average molecular weight is 527 g/mol. The zero-order valence-corrected chi connectivity index (χ0v) is 20.2. The fourth-order valence-corrected chi connectivity index (χ4v) is 4.85. The molecule has 0 unspecified atom stereocenters. The Bertz CT molecular complexity index is 1320. The molecule has 3 aliphatic heterocycles. The second-order valence-corrected chi connectivity index (χ2v) is 9.72. The van der Waals surface area contributed by atoms with Gasteiger partial charge in [0, 0.05) is 23.2 Å². The van der Waals surface area contributed by atoms with Crippen molar-refractivity contribution in [3.8, 4) is 0 Å². The molecule has 3 heterocycles. The van der Waals surface area contributed by atoms with Crippen molar-refractivity contribution >= 4 is 28.6 Å². The van der Waals surface area contributed by atoms with Crippen LogP contribution in [0.25, 0.3) is 11.1 Å². The zero-order chi connectivity index (χ0) is 26.5. The lowest BCUT2D eigenvalue weighted by molar-refractivity contribution is -0.111. The van der Waals surface area contributed by atoms with Crippen LogP contribution >= 0.6 is 0 Å². The molecule has 0 spiro atoms. The monoisotopic (exact) mass is 526 g/mol. The molecular formula is C28H31FN2O7. The lowest BCUT2D eigenvalue weighted by atomic mass is 9.91. The highest BCUT2D eigenvalue weighted by atomic mass is 19.1. The molecule has 2 aromatic carbocycles. The third-order valence-electron chi connectivity index (χ3n) is 6.82. The number of allylic oxidation sites excluding steroid dienone is 1. The van der Waals surface area contributed by atoms with Crippen molar-refractivity contribution in [3.05, 3.63) is 76.8 Å². The second kappa shape index (κ2) is 10.3. The molecule has 2 aromatic rings. The maximum absolute atomic E-state index is 13.6. The van der Waals surface area contributed by atoms with Gasteiger partial charge in [-0.15, -0.1) is 0 Å². The maximum atomic E-state index is 13.6. The van der Waals surface area contributed by atoms with Crippen LogP contribution in [0, 0.1) is 5.82 Å². The van der Waals surface area contributed by atoms with E-state index in [0.717, 1.165) is 11.1 Å². The number of ether oxygens (including phenoxy) is 2. The molecule has 9 nitrogen and oxygen atoms in total. The van der Waals surface area contributed by atoms with Crippen LogP contribution in [0.15, 0.2) is 54.3 Å². The van der Waals surface area contributed by atoms with Crippen molar-refractivity contribution in [1.29, 1.82) is 0 Å². The van der Waals surface area contributed by atoms with E-state index in [1.54, 1.807) is 36.4 Å². The number of carbonyl (C=O) groups excluding carboxylic acids is 2. The smallest absolute Gasteiger partial charge is 0.260 e.